The predicted molar refractivity (Wildman–Crippen MR) is 72.5 cm³/mol. The van der Waals surface area contributed by atoms with Gasteiger partial charge in [0.15, 0.2) is 0 Å². The fourth-order valence-corrected chi connectivity index (χ4v) is 2.11. The van der Waals surface area contributed by atoms with E-state index in [-0.39, 0.29) is 12.2 Å². The minimum atomic E-state index is -1.00. The third-order valence-corrected chi connectivity index (χ3v) is 3.18. The van der Waals surface area contributed by atoms with Gasteiger partial charge in [0.2, 0.25) is 5.95 Å². The number of aliphatic carboxylic acids is 1. The van der Waals surface area contributed by atoms with Crippen molar-refractivity contribution in [1.82, 2.24) is 9.97 Å². The molecule has 1 aliphatic rings. The van der Waals surface area contributed by atoms with E-state index in [2.05, 4.69) is 9.97 Å². The third-order valence-electron chi connectivity index (χ3n) is 3.18. The monoisotopic (exact) mass is 279 g/mol. The summed E-state index contributed by atoms with van der Waals surface area (Å²) in [5.74, 6) is -0.418. The molecule has 0 radical (unpaired) electrons. The molecule has 20 heavy (non-hydrogen) atoms. The molecule has 108 valence electrons. The van der Waals surface area contributed by atoms with Gasteiger partial charge in [0, 0.05) is 51.3 Å². The molecule has 1 fully saturated rings. The van der Waals surface area contributed by atoms with E-state index in [1.807, 2.05) is 4.90 Å². The van der Waals surface area contributed by atoms with Crippen LogP contribution in [0.15, 0.2) is 18.5 Å². The molecule has 2 rings (SSSR count). The molecular formula is C13H17N3O4. The van der Waals surface area contributed by atoms with Crippen LogP contribution in [0.2, 0.25) is 0 Å². The van der Waals surface area contributed by atoms with E-state index in [0.717, 1.165) is 6.08 Å². The molecule has 2 unspecified atom stereocenters. The first kappa shape index (κ1) is 14.4. The molecule has 1 aliphatic heterocycles. The summed E-state index contributed by atoms with van der Waals surface area (Å²) in [4.78, 5) is 20.9. The van der Waals surface area contributed by atoms with Crippen LogP contribution in [0.4, 0.5) is 5.95 Å². The highest BCUT2D eigenvalue weighted by Crippen LogP contribution is 2.20. The highest BCUT2D eigenvalue weighted by molar-refractivity contribution is 5.85. The lowest BCUT2D eigenvalue weighted by Gasteiger charge is -2.14. The molecule has 0 spiro atoms. The maximum Gasteiger partial charge on any atom is 0.328 e. The number of rotatable bonds is 5. The second-order valence-corrected chi connectivity index (χ2v) is 4.44. The maximum atomic E-state index is 10.4. The first-order valence-electron chi connectivity index (χ1n) is 6.17. The van der Waals surface area contributed by atoms with Gasteiger partial charge in [-0.15, -0.1) is 0 Å². The van der Waals surface area contributed by atoms with Gasteiger partial charge in [-0.3, -0.25) is 0 Å². The second-order valence-electron chi connectivity index (χ2n) is 4.44. The molecular weight excluding hydrogens is 262 g/mol. The van der Waals surface area contributed by atoms with E-state index >= 15 is 0 Å². The number of carboxylic acids is 1. The van der Waals surface area contributed by atoms with Gasteiger partial charge in [-0.1, -0.05) is 0 Å². The van der Waals surface area contributed by atoms with E-state index in [1.165, 1.54) is 6.08 Å². The summed E-state index contributed by atoms with van der Waals surface area (Å²) in [6.07, 6.45) is 5.67. The molecule has 7 nitrogen and oxygen atoms in total. The smallest absolute Gasteiger partial charge is 0.328 e. The molecule has 2 heterocycles. The molecule has 0 bridgehead atoms. The number of carboxylic acid groups (broad SMARTS) is 1. The van der Waals surface area contributed by atoms with Crippen LogP contribution in [-0.4, -0.2) is 60.6 Å². The second kappa shape index (κ2) is 6.44. The van der Waals surface area contributed by atoms with E-state index in [4.69, 9.17) is 14.6 Å². The van der Waals surface area contributed by atoms with Crippen molar-refractivity contribution in [3.63, 3.8) is 0 Å². The number of aromatic nitrogens is 2. The first-order valence-corrected chi connectivity index (χ1v) is 6.17. The molecule has 1 aromatic heterocycles. The van der Waals surface area contributed by atoms with Crippen molar-refractivity contribution in [3.8, 4) is 0 Å². The van der Waals surface area contributed by atoms with Gasteiger partial charge in [0.05, 0.1) is 0 Å². The summed E-state index contributed by atoms with van der Waals surface area (Å²) in [6.45, 7) is 1.33. The van der Waals surface area contributed by atoms with Gasteiger partial charge in [-0.05, 0) is 6.08 Å². The summed E-state index contributed by atoms with van der Waals surface area (Å²) in [5, 5.41) is 8.55. The SMILES string of the molecule is COC1CN(c2ncc(/C=C/C(=O)O)cn2)CC1OC. The lowest BCUT2D eigenvalue weighted by molar-refractivity contribution is -0.131. The van der Waals surface area contributed by atoms with Crippen molar-refractivity contribution in [3.05, 3.63) is 24.0 Å². The van der Waals surface area contributed by atoms with Crippen molar-refractivity contribution in [2.45, 2.75) is 12.2 Å². The van der Waals surface area contributed by atoms with Crippen LogP contribution in [0.1, 0.15) is 5.56 Å². The number of carbonyl (C=O) groups is 1. The van der Waals surface area contributed by atoms with Gasteiger partial charge >= 0.3 is 5.97 Å². The van der Waals surface area contributed by atoms with Crippen LogP contribution in [0.3, 0.4) is 0 Å². The zero-order valence-corrected chi connectivity index (χ0v) is 11.4. The molecule has 0 amide bonds. The van der Waals surface area contributed by atoms with Crippen molar-refractivity contribution >= 4 is 18.0 Å². The number of methoxy groups -OCH3 is 2. The van der Waals surface area contributed by atoms with Gasteiger partial charge in [0.1, 0.15) is 12.2 Å². The Labute approximate surface area is 116 Å². The maximum absolute atomic E-state index is 10.4. The van der Waals surface area contributed by atoms with Crippen LogP contribution < -0.4 is 4.90 Å². The minimum absolute atomic E-state index is 0.00446. The number of anilines is 1. The number of ether oxygens (including phenoxy) is 2. The Morgan fingerprint density at radius 3 is 2.30 bits per heavy atom. The lowest BCUT2D eigenvalue weighted by atomic mass is 10.3. The van der Waals surface area contributed by atoms with Crippen LogP contribution >= 0.6 is 0 Å². The number of nitrogens with zero attached hydrogens (tertiary/aromatic N) is 3. The fourth-order valence-electron chi connectivity index (χ4n) is 2.11. The summed E-state index contributed by atoms with van der Waals surface area (Å²) in [6, 6.07) is 0. The van der Waals surface area contributed by atoms with Crippen LogP contribution in [0, 0.1) is 0 Å². The van der Waals surface area contributed by atoms with Crippen molar-refractivity contribution in [2.24, 2.45) is 0 Å². The summed E-state index contributed by atoms with van der Waals surface area (Å²) in [5.41, 5.74) is 0.641. The Kier molecular flexibility index (Phi) is 4.65. The number of hydrogen-bond donors (Lipinski definition) is 1. The highest BCUT2D eigenvalue weighted by Gasteiger charge is 2.34. The van der Waals surface area contributed by atoms with Gasteiger partial charge < -0.3 is 19.5 Å². The zero-order chi connectivity index (χ0) is 14.5. The van der Waals surface area contributed by atoms with Gasteiger partial charge in [-0.2, -0.15) is 0 Å². The molecule has 1 N–H and O–H groups in total. The van der Waals surface area contributed by atoms with Gasteiger partial charge in [0.25, 0.3) is 0 Å². The van der Waals surface area contributed by atoms with Crippen LogP contribution in [0.25, 0.3) is 6.08 Å². The molecule has 0 aliphatic carbocycles. The summed E-state index contributed by atoms with van der Waals surface area (Å²) >= 11 is 0. The topological polar surface area (TPSA) is 84.8 Å². The fraction of sp³-hybridized carbons (Fsp3) is 0.462. The number of hydrogen-bond acceptors (Lipinski definition) is 6. The first-order chi connectivity index (χ1) is 9.63. The molecule has 1 saturated heterocycles. The molecule has 0 saturated carbocycles. The van der Waals surface area contributed by atoms with Crippen LogP contribution in [0.5, 0.6) is 0 Å². The van der Waals surface area contributed by atoms with E-state index in [9.17, 15) is 4.79 Å². The zero-order valence-electron chi connectivity index (χ0n) is 11.4. The quantitative estimate of drug-likeness (QED) is 0.782. The Balaban J connectivity index is 2.05. The lowest BCUT2D eigenvalue weighted by Crippen LogP contribution is -2.27. The summed E-state index contributed by atoms with van der Waals surface area (Å²) < 4.78 is 10.7. The molecule has 0 aromatic carbocycles. The summed E-state index contributed by atoms with van der Waals surface area (Å²) in [7, 11) is 3.31. The average molecular weight is 279 g/mol. The van der Waals surface area contributed by atoms with Crippen molar-refractivity contribution < 1.29 is 19.4 Å². The van der Waals surface area contributed by atoms with Crippen molar-refractivity contribution in [1.29, 1.82) is 0 Å². The van der Waals surface area contributed by atoms with Crippen LogP contribution in [-0.2, 0) is 14.3 Å². The van der Waals surface area contributed by atoms with E-state index in [0.29, 0.717) is 24.6 Å². The molecule has 1 aromatic rings. The Bertz CT molecular complexity index is 477. The standard InChI is InChI=1S/C13H17N3O4/c1-19-10-7-16(8-11(10)20-2)13-14-5-9(6-15-13)3-4-12(17)18/h3-6,10-11H,7-8H2,1-2H3,(H,17,18)/b4-3+. The predicted octanol–water partition coefficient (Wildman–Crippen LogP) is 0.424. The van der Waals surface area contributed by atoms with Crippen molar-refractivity contribution in [2.75, 3.05) is 32.2 Å². The molecule has 7 heteroatoms. The van der Waals surface area contributed by atoms with E-state index in [1.54, 1.807) is 26.6 Å². The Morgan fingerprint density at radius 2 is 1.85 bits per heavy atom. The largest absolute Gasteiger partial charge is 0.478 e. The Hall–Kier alpha value is -1.99. The molecule has 2 atom stereocenters. The normalized spacial score (nSPS) is 22.6. The minimum Gasteiger partial charge on any atom is -0.478 e. The van der Waals surface area contributed by atoms with Gasteiger partial charge in [-0.25, -0.2) is 14.8 Å². The third kappa shape index (κ3) is 3.31. The average Bonchev–Trinajstić information content (AvgIpc) is 2.89. The highest BCUT2D eigenvalue weighted by atomic mass is 16.5. The Morgan fingerprint density at radius 1 is 1.30 bits per heavy atom. The van der Waals surface area contributed by atoms with E-state index < -0.39 is 5.97 Å².